The SMILES string of the molecule is CCc1cccc2c1c1ccccc1c1nc3ccccc3n21. The number of nitrogens with zero attached hydrogens (tertiary/aromatic N) is 2. The van der Waals surface area contributed by atoms with Gasteiger partial charge >= 0.3 is 0 Å². The lowest BCUT2D eigenvalue weighted by Gasteiger charge is -2.12. The van der Waals surface area contributed by atoms with Crippen molar-refractivity contribution in [1.82, 2.24) is 9.38 Å². The zero-order valence-electron chi connectivity index (χ0n) is 13.0. The number of benzene rings is 3. The number of hydrogen-bond donors (Lipinski definition) is 0. The van der Waals surface area contributed by atoms with Gasteiger partial charge in [0.2, 0.25) is 0 Å². The van der Waals surface area contributed by atoms with Crippen molar-refractivity contribution in [3.05, 3.63) is 72.3 Å². The van der Waals surface area contributed by atoms with Gasteiger partial charge in [-0.05, 0) is 35.6 Å². The Labute approximate surface area is 134 Å². The molecule has 23 heavy (non-hydrogen) atoms. The second-order valence-electron chi connectivity index (χ2n) is 5.97. The van der Waals surface area contributed by atoms with Crippen molar-refractivity contribution in [2.24, 2.45) is 0 Å². The lowest BCUT2D eigenvalue weighted by Crippen LogP contribution is -1.94. The molecular weight excluding hydrogens is 280 g/mol. The van der Waals surface area contributed by atoms with Gasteiger partial charge in [0.25, 0.3) is 0 Å². The van der Waals surface area contributed by atoms with Crippen LogP contribution in [-0.4, -0.2) is 9.38 Å². The number of pyridine rings is 1. The summed E-state index contributed by atoms with van der Waals surface area (Å²) in [7, 11) is 0. The van der Waals surface area contributed by atoms with Gasteiger partial charge < -0.3 is 0 Å². The molecule has 0 bridgehead atoms. The Morgan fingerprint density at radius 3 is 2.39 bits per heavy atom. The smallest absolute Gasteiger partial charge is 0.146 e. The molecule has 5 rings (SSSR count). The van der Waals surface area contributed by atoms with E-state index in [1.165, 1.54) is 32.8 Å². The number of hydrogen-bond acceptors (Lipinski definition) is 1. The van der Waals surface area contributed by atoms with Crippen LogP contribution in [0, 0.1) is 0 Å². The summed E-state index contributed by atoms with van der Waals surface area (Å²) in [4.78, 5) is 4.91. The van der Waals surface area contributed by atoms with E-state index in [4.69, 9.17) is 4.98 Å². The van der Waals surface area contributed by atoms with E-state index >= 15 is 0 Å². The van der Waals surface area contributed by atoms with E-state index < -0.39 is 0 Å². The standard InChI is InChI=1S/C21H16N2/c1-2-14-8-7-13-19-20(14)15-9-3-4-10-16(15)21-22-17-11-5-6-12-18(17)23(19)21/h3-13H,2H2,1H3. The van der Waals surface area contributed by atoms with Gasteiger partial charge in [-0.2, -0.15) is 0 Å². The van der Waals surface area contributed by atoms with E-state index in [0.717, 1.165) is 17.6 Å². The molecule has 0 saturated heterocycles. The van der Waals surface area contributed by atoms with E-state index in [2.05, 4.69) is 78.1 Å². The Morgan fingerprint density at radius 1 is 0.783 bits per heavy atom. The Kier molecular flexibility index (Phi) is 2.51. The average molecular weight is 296 g/mol. The van der Waals surface area contributed by atoms with Crippen LogP contribution >= 0.6 is 0 Å². The molecular formula is C21H16N2. The van der Waals surface area contributed by atoms with Crippen LogP contribution in [0.25, 0.3) is 38.4 Å². The monoisotopic (exact) mass is 296 g/mol. The maximum Gasteiger partial charge on any atom is 0.146 e. The number of imidazole rings is 1. The summed E-state index contributed by atoms with van der Waals surface area (Å²) in [5.41, 5.74) is 5.89. The molecule has 0 saturated carbocycles. The van der Waals surface area contributed by atoms with Crippen molar-refractivity contribution in [2.75, 3.05) is 0 Å². The molecule has 110 valence electrons. The molecule has 2 aromatic heterocycles. The first-order valence-corrected chi connectivity index (χ1v) is 8.08. The molecule has 0 aliphatic carbocycles. The number of rotatable bonds is 1. The van der Waals surface area contributed by atoms with E-state index in [0.29, 0.717) is 0 Å². The summed E-state index contributed by atoms with van der Waals surface area (Å²) in [5, 5.41) is 3.86. The van der Waals surface area contributed by atoms with Crippen molar-refractivity contribution in [2.45, 2.75) is 13.3 Å². The molecule has 2 heterocycles. The van der Waals surface area contributed by atoms with Crippen LogP contribution in [0.15, 0.2) is 66.7 Å². The highest BCUT2D eigenvalue weighted by atomic mass is 15.0. The predicted octanol–water partition coefficient (Wildman–Crippen LogP) is 5.36. The summed E-state index contributed by atoms with van der Waals surface area (Å²) in [6.45, 7) is 2.22. The molecule has 0 spiro atoms. The van der Waals surface area contributed by atoms with Gasteiger partial charge in [0.15, 0.2) is 0 Å². The van der Waals surface area contributed by atoms with E-state index in [9.17, 15) is 0 Å². The van der Waals surface area contributed by atoms with Crippen molar-refractivity contribution >= 4 is 38.4 Å². The topological polar surface area (TPSA) is 17.3 Å². The van der Waals surface area contributed by atoms with Crippen molar-refractivity contribution in [3.63, 3.8) is 0 Å². The zero-order valence-corrected chi connectivity index (χ0v) is 13.0. The highest BCUT2D eigenvalue weighted by molar-refractivity contribution is 6.14. The molecule has 2 nitrogen and oxygen atoms in total. The van der Waals surface area contributed by atoms with Crippen molar-refractivity contribution in [3.8, 4) is 0 Å². The Balaban J connectivity index is 2.22. The van der Waals surface area contributed by atoms with Crippen LogP contribution < -0.4 is 0 Å². The number of aromatic nitrogens is 2. The molecule has 5 aromatic rings. The molecule has 0 fully saturated rings. The molecule has 0 aliphatic rings. The van der Waals surface area contributed by atoms with Gasteiger partial charge in [-0.25, -0.2) is 4.98 Å². The van der Waals surface area contributed by atoms with Crippen molar-refractivity contribution in [1.29, 1.82) is 0 Å². The van der Waals surface area contributed by atoms with E-state index in [1.807, 2.05) is 0 Å². The quantitative estimate of drug-likeness (QED) is 0.381. The zero-order chi connectivity index (χ0) is 15.4. The molecule has 0 amide bonds. The molecule has 0 radical (unpaired) electrons. The third-order valence-electron chi connectivity index (χ3n) is 4.75. The van der Waals surface area contributed by atoms with Gasteiger partial charge in [0.05, 0.1) is 16.6 Å². The largest absolute Gasteiger partial charge is 0.292 e. The predicted molar refractivity (Wildman–Crippen MR) is 97.1 cm³/mol. The maximum atomic E-state index is 4.91. The van der Waals surface area contributed by atoms with Gasteiger partial charge in [-0.15, -0.1) is 0 Å². The highest BCUT2D eigenvalue weighted by Crippen LogP contribution is 2.33. The second kappa shape index (κ2) is 4.56. The lowest BCUT2D eigenvalue weighted by atomic mass is 10.00. The minimum atomic E-state index is 1.03. The van der Waals surface area contributed by atoms with Crippen LogP contribution in [-0.2, 0) is 6.42 Å². The van der Waals surface area contributed by atoms with Crippen LogP contribution in [0.1, 0.15) is 12.5 Å². The minimum absolute atomic E-state index is 1.03. The first-order valence-electron chi connectivity index (χ1n) is 8.08. The molecule has 0 atom stereocenters. The summed E-state index contributed by atoms with van der Waals surface area (Å²) in [6.07, 6.45) is 1.03. The van der Waals surface area contributed by atoms with Crippen LogP contribution in [0.2, 0.25) is 0 Å². The fourth-order valence-corrected chi connectivity index (χ4v) is 3.73. The minimum Gasteiger partial charge on any atom is -0.292 e. The lowest BCUT2D eigenvalue weighted by molar-refractivity contribution is 1.16. The first kappa shape index (κ1) is 12.7. The first-order chi connectivity index (χ1) is 11.4. The second-order valence-corrected chi connectivity index (χ2v) is 5.97. The van der Waals surface area contributed by atoms with Crippen molar-refractivity contribution < 1.29 is 0 Å². The van der Waals surface area contributed by atoms with Gasteiger partial charge in [-0.1, -0.05) is 55.5 Å². The molecule has 3 aromatic carbocycles. The maximum absolute atomic E-state index is 4.91. The summed E-state index contributed by atoms with van der Waals surface area (Å²) < 4.78 is 2.31. The highest BCUT2D eigenvalue weighted by Gasteiger charge is 2.14. The normalized spacial score (nSPS) is 11.9. The number of aryl methyl sites for hydroxylation is 1. The van der Waals surface area contributed by atoms with E-state index in [-0.39, 0.29) is 0 Å². The third kappa shape index (κ3) is 1.61. The van der Waals surface area contributed by atoms with Gasteiger partial charge in [0, 0.05) is 10.8 Å². The Morgan fingerprint density at radius 2 is 1.52 bits per heavy atom. The van der Waals surface area contributed by atoms with Crippen LogP contribution in [0.4, 0.5) is 0 Å². The van der Waals surface area contributed by atoms with E-state index in [1.54, 1.807) is 0 Å². The number of fused-ring (bicyclic) bond motifs is 8. The summed E-state index contributed by atoms with van der Waals surface area (Å²) in [5.74, 6) is 0. The van der Waals surface area contributed by atoms with Crippen LogP contribution in [0.5, 0.6) is 0 Å². The average Bonchev–Trinajstić information content (AvgIpc) is 3.01. The summed E-state index contributed by atoms with van der Waals surface area (Å²) >= 11 is 0. The Bertz CT molecular complexity index is 1200. The van der Waals surface area contributed by atoms with Gasteiger partial charge in [-0.3, -0.25) is 4.40 Å². The van der Waals surface area contributed by atoms with Crippen LogP contribution in [0.3, 0.4) is 0 Å². The molecule has 0 N–H and O–H groups in total. The molecule has 0 aliphatic heterocycles. The fraction of sp³-hybridized carbons (Fsp3) is 0.0952. The fourth-order valence-electron chi connectivity index (χ4n) is 3.73. The molecule has 0 unspecified atom stereocenters. The third-order valence-corrected chi connectivity index (χ3v) is 4.75. The summed E-state index contributed by atoms with van der Waals surface area (Å²) in [6, 6.07) is 23.6. The number of para-hydroxylation sites is 2. The Hall–Kier alpha value is -2.87. The molecule has 2 heteroatoms. The van der Waals surface area contributed by atoms with Gasteiger partial charge in [0.1, 0.15) is 5.65 Å².